The van der Waals surface area contributed by atoms with Gasteiger partial charge in [0.1, 0.15) is 12.2 Å². The molecule has 14 heteroatoms. The smallest absolute Gasteiger partial charge is 0.473 e. The minimum absolute atomic E-state index is 0.214. The van der Waals surface area contributed by atoms with Crippen LogP contribution >= 0.6 is 0 Å². The van der Waals surface area contributed by atoms with Crippen LogP contribution in [0.4, 0.5) is 0 Å². The molecule has 0 aromatic heterocycles. The Balaban J connectivity index is 1.44. The molecule has 0 aromatic carbocycles. The van der Waals surface area contributed by atoms with E-state index in [0.717, 1.165) is 88.3 Å². The second kappa shape index (κ2) is 34.4. The Morgan fingerprint density at radius 3 is 1.22 bits per heavy atom. The SMILES string of the molecule is CCCCCCCC1C(CCCCC)CCC(CCCCCCC(=O)O[Si](CCCOCC2CO2)(OC)OC)C1CCCCCCCC(=O)O[Si](CCCOCC1CO1)(OC)OC. The lowest BCUT2D eigenvalue weighted by atomic mass is 9.61. The first-order chi connectivity index (χ1) is 30.8. The number of unbranched alkanes of at least 4 members (excludes halogenated alkanes) is 13. The number of carbonyl (C=O) groups is 2. The molecule has 0 amide bonds. The van der Waals surface area contributed by atoms with E-state index in [1.54, 1.807) is 28.4 Å². The van der Waals surface area contributed by atoms with Crippen molar-refractivity contribution in [2.45, 2.75) is 212 Å². The molecule has 0 radical (unpaired) electrons. The summed E-state index contributed by atoms with van der Waals surface area (Å²) in [5.41, 5.74) is 0. The summed E-state index contributed by atoms with van der Waals surface area (Å²) in [5.74, 6) is 2.90. The van der Waals surface area contributed by atoms with Gasteiger partial charge in [-0.2, -0.15) is 0 Å². The maximum absolute atomic E-state index is 12.9. The van der Waals surface area contributed by atoms with E-state index < -0.39 is 17.6 Å². The zero-order valence-electron chi connectivity index (χ0n) is 41.1. The van der Waals surface area contributed by atoms with E-state index in [4.69, 9.17) is 45.5 Å². The highest BCUT2D eigenvalue weighted by Gasteiger charge is 2.44. The van der Waals surface area contributed by atoms with Crippen molar-refractivity contribution in [3.63, 3.8) is 0 Å². The standard InChI is InChI=1S/C49H94O12Si2/c1-7-9-11-13-20-28-46-42(26-18-10-8-2)32-33-43(27-19-16-17-23-31-49(51)61-63(54-5,55-6)37-25-35-57-39-45-41-59-45)47(46)29-21-14-12-15-22-30-48(50)60-62(52-3,53-4)36-24-34-56-38-44-40-58-44/h42-47H,7-41H2,1-6H3. The number of rotatable bonds is 43. The molecule has 6 atom stereocenters. The summed E-state index contributed by atoms with van der Waals surface area (Å²) >= 11 is 0. The molecular formula is C49H94O12Si2. The minimum atomic E-state index is -3.05. The van der Waals surface area contributed by atoms with Crippen LogP contribution in [0.3, 0.4) is 0 Å². The first-order valence-electron chi connectivity index (χ1n) is 25.8. The molecule has 3 fully saturated rings. The van der Waals surface area contributed by atoms with Gasteiger partial charge in [0, 0.05) is 66.6 Å². The van der Waals surface area contributed by atoms with Gasteiger partial charge in [0.2, 0.25) is 0 Å². The van der Waals surface area contributed by atoms with Crippen molar-refractivity contribution < 1.29 is 55.1 Å². The molecule has 0 N–H and O–H groups in total. The van der Waals surface area contributed by atoms with Gasteiger partial charge in [-0.1, -0.05) is 123 Å². The van der Waals surface area contributed by atoms with Crippen LogP contribution in [-0.4, -0.2) is 110 Å². The Kier molecular flexibility index (Phi) is 30.7. The van der Waals surface area contributed by atoms with E-state index in [1.807, 2.05) is 0 Å². The van der Waals surface area contributed by atoms with Crippen molar-refractivity contribution in [2.75, 3.05) is 68.1 Å². The van der Waals surface area contributed by atoms with Gasteiger partial charge in [-0.05, 0) is 75.0 Å². The number of epoxide rings is 2. The summed E-state index contributed by atoms with van der Waals surface area (Å²) in [6.07, 6.45) is 31.5. The molecule has 2 saturated heterocycles. The van der Waals surface area contributed by atoms with Gasteiger partial charge < -0.3 is 45.5 Å². The molecule has 2 heterocycles. The third kappa shape index (κ3) is 24.6. The maximum Gasteiger partial charge on any atom is 0.567 e. The van der Waals surface area contributed by atoms with Gasteiger partial charge in [-0.3, -0.25) is 9.59 Å². The molecule has 12 nitrogen and oxygen atoms in total. The van der Waals surface area contributed by atoms with Gasteiger partial charge in [-0.25, -0.2) is 0 Å². The highest BCUT2D eigenvalue weighted by Crippen LogP contribution is 2.48. The summed E-state index contributed by atoms with van der Waals surface area (Å²) < 4.78 is 56.1. The first-order valence-corrected chi connectivity index (χ1v) is 29.7. The van der Waals surface area contributed by atoms with Gasteiger partial charge in [-0.15, -0.1) is 0 Å². The first kappa shape index (κ1) is 56.4. The van der Waals surface area contributed by atoms with Crippen LogP contribution in [0.2, 0.25) is 12.1 Å². The Bertz CT molecular complexity index is 1150. The monoisotopic (exact) mass is 931 g/mol. The second-order valence-electron chi connectivity index (χ2n) is 18.8. The van der Waals surface area contributed by atoms with E-state index in [1.165, 1.54) is 109 Å². The molecule has 1 aliphatic carbocycles. The van der Waals surface area contributed by atoms with Crippen LogP contribution in [0.15, 0.2) is 0 Å². The molecular weight excluding hydrogens is 837 g/mol. The fourth-order valence-corrected chi connectivity index (χ4v) is 13.6. The van der Waals surface area contributed by atoms with Crippen LogP contribution in [0, 0.1) is 23.7 Å². The summed E-state index contributed by atoms with van der Waals surface area (Å²) in [6.45, 7) is 8.57. The predicted molar refractivity (Wildman–Crippen MR) is 252 cm³/mol. The van der Waals surface area contributed by atoms with Crippen molar-refractivity contribution in [1.82, 2.24) is 0 Å². The Labute approximate surface area is 386 Å². The largest absolute Gasteiger partial charge is 0.567 e. The zero-order valence-corrected chi connectivity index (χ0v) is 43.1. The fourth-order valence-electron chi connectivity index (χ4n) is 9.85. The van der Waals surface area contributed by atoms with Crippen molar-refractivity contribution in [2.24, 2.45) is 23.7 Å². The average molecular weight is 931 g/mol. The maximum atomic E-state index is 12.9. The summed E-state index contributed by atoms with van der Waals surface area (Å²) in [7, 11) is 0.219. The number of ether oxygens (including phenoxy) is 4. The topological polar surface area (TPSA) is 133 Å². The molecule has 0 spiro atoms. The van der Waals surface area contributed by atoms with Crippen LogP contribution in [0.5, 0.6) is 0 Å². The van der Waals surface area contributed by atoms with Crippen molar-refractivity contribution in [3.8, 4) is 0 Å². The Morgan fingerprint density at radius 1 is 0.476 bits per heavy atom. The fraction of sp³-hybridized carbons (Fsp3) is 0.959. The van der Waals surface area contributed by atoms with Gasteiger partial charge in [0.05, 0.1) is 26.4 Å². The highest BCUT2D eigenvalue weighted by molar-refractivity contribution is 6.62. The summed E-state index contributed by atoms with van der Waals surface area (Å²) in [4.78, 5) is 25.8. The van der Waals surface area contributed by atoms with Crippen molar-refractivity contribution >= 4 is 29.5 Å². The van der Waals surface area contributed by atoms with E-state index in [0.29, 0.717) is 51.4 Å². The molecule has 0 aromatic rings. The average Bonchev–Trinajstić information content (AvgIpc) is 4.24. The van der Waals surface area contributed by atoms with Crippen LogP contribution < -0.4 is 0 Å². The zero-order chi connectivity index (χ0) is 45.4. The van der Waals surface area contributed by atoms with Crippen molar-refractivity contribution in [3.05, 3.63) is 0 Å². The predicted octanol–water partition coefficient (Wildman–Crippen LogP) is 11.4. The lowest BCUT2D eigenvalue weighted by molar-refractivity contribution is -0.140. The number of hydrogen-bond acceptors (Lipinski definition) is 12. The Hall–Kier alpha value is -0.946. The minimum Gasteiger partial charge on any atom is -0.473 e. The molecule has 6 unspecified atom stereocenters. The van der Waals surface area contributed by atoms with Gasteiger partial charge >= 0.3 is 17.6 Å². The normalized spacial score (nSPS) is 22.3. The van der Waals surface area contributed by atoms with E-state index in [-0.39, 0.29) is 24.1 Å². The van der Waals surface area contributed by atoms with E-state index in [2.05, 4.69) is 13.8 Å². The molecule has 0 bridgehead atoms. The highest BCUT2D eigenvalue weighted by atomic mass is 28.4. The van der Waals surface area contributed by atoms with Crippen molar-refractivity contribution in [1.29, 1.82) is 0 Å². The lowest BCUT2D eigenvalue weighted by Gasteiger charge is -2.44. The van der Waals surface area contributed by atoms with E-state index >= 15 is 0 Å². The van der Waals surface area contributed by atoms with E-state index in [9.17, 15) is 9.59 Å². The molecule has 63 heavy (non-hydrogen) atoms. The summed E-state index contributed by atoms with van der Waals surface area (Å²) in [5, 5.41) is 0. The summed E-state index contributed by atoms with van der Waals surface area (Å²) in [6, 6.07) is 1.10. The third-order valence-electron chi connectivity index (χ3n) is 13.9. The molecule has 370 valence electrons. The molecule has 1 saturated carbocycles. The quantitative estimate of drug-likeness (QED) is 0.0327. The number of hydrogen-bond donors (Lipinski definition) is 0. The number of carbonyl (C=O) groups excluding carboxylic acids is 2. The molecule has 2 aliphatic heterocycles. The Morgan fingerprint density at radius 2 is 0.825 bits per heavy atom. The van der Waals surface area contributed by atoms with Gasteiger partial charge in [0.25, 0.3) is 11.9 Å². The molecule has 3 aliphatic rings. The molecule has 3 rings (SSSR count). The second-order valence-corrected chi connectivity index (χ2v) is 24.6. The van der Waals surface area contributed by atoms with Crippen LogP contribution in [0.1, 0.15) is 187 Å². The lowest BCUT2D eigenvalue weighted by Crippen LogP contribution is -2.45. The van der Waals surface area contributed by atoms with Gasteiger partial charge in [0.15, 0.2) is 0 Å². The van der Waals surface area contributed by atoms with Crippen LogP contribution in [0.25, 0.3) is 0 Å². The third-order valence-corrected chi connectivity index (χ3v) is 19.3. The van der Waals surface area contributed by atoms with Crippen LogP contribution in [-0.2, 0) is 55.1 Å².